The number of amides is 3. The summed E-state index contributed by atoms with van der Waals surface area (Å²) in [6.45, 7) is 10.6. The zero-order chi connectivity index (χ0) is 37.7. The summed E-state index contributed by atoms with van der Waals surface area (Å²) in [5, 5.41) is 17.9. The van der Waals surface area contributed by atoms with Crippen molar-refractivity contribution >= 4 is 35.0 Å². The van der Waals surface area contributed by atoms with Crippen molar-refractivity contribution in [1.29, 1.82) is 0 Å². The first-order valence-electron chi connectivity index (χ1n) is 18.1. The van der Waals surface area contributed by atoms with Gasteiger partial charge in [0.15, 0.2) is 0 Å². The lowest BCUT2D eigenvalue weighted by Crippen LogP contribution is -2.58. The van der Waals surface area contributed by atoms with E-state index in [-0.39, 0.29) is 54.5 Å². The third-order valence-electron chi connectivity index (χ3n) is 10.0. The summed E-state index contributed by atoms with van der Waals surface area (Å²) in [6, 6.07) is 7.95. The van der Waals surface area contributed by atoms with Gasteiger partial charge in [-0.15, -0.1) is 17.8 Å². The van der Waals surface area contributed by atoms with Crippen LogP contribution in [0.3, 0.4) is 0 Å². The average molecular weight is 724 g/mol. The highest BCUT2D eigenvalue weighted by atomic mass is 32.1. The van der Waals surface area contributed by atoms with Crippen LogP contribution >= 0.6 is 11.3 Å². The second kappa shape index (κ2) is 20.3. The van der Waals surface area contributed by atoms with E-state index in [4.69, 9.17) is 11.2 Å². The first kappa shape index (κ1) is 41.6. The number of hydrogen-bond donors (Lipinski definition) is 3. The highest BCUT2D eigenvalue weighted by molar-refractivity contribution is 7.09. The molecule has 3 amide bonds. The van der Waals surface area contributed by atoms with E-state index in [1.165, 1.54) is 11.3 Å². The molecular weight excluding hydrogens is 667 g/mol. The number of nitrogens with zero attached hydrogens (tertiary/aromatic N) is 3. The lowest BCUT2D eigenvalue weighted by atomic mass is 9.92. The third-order valence-corrected chi connectivity index (χ3v) is 11.0. The van der Waals surface area contributed by atoms with Gasteiger partial charge < -0.3 is 25.4 Å². The number of aliphatic carboxylic acids is 1. The molecule has 1 aliphatic heterocycles. The zero-order valence-electron chi connectivity index (χ0n) is 31.3. The summed E-state index contributed by atoms with van der Waals surface area (Å²) in [7, 11) is 3.72. The van der Waals surface area contributed by atoms with Crippen LogP contribution in [0.15, 0.2) is 35.7 Å². The van der Waals surface area contributed by atoms with E-state index in [1.807, 2.05) is 65.1 Å². The molecule has 3 unspecified atom stereocenters. The molecule has 3 rings (SSSR count). The molecule has 1 fully saturated rings. The van der Waals surface area contributed by atoms with Gasteiger partial charge in [-0.2, -0.15) is 0 Å². The molecule has 12 heteroatoms. The summed E-state index contributed by atoms with van der Waals surface area (Å²) in [6.07, 6.45) is 9.61. The maximum absolute atomic E-state index is 14.2. The SMILES string of the molecule is C#CCO[C@H](C[C@H](C(C)C)N(C)C(=O)[C@@H](NC(=O)C1CCCCN1C)[C@@H](C)CC)c1nc(C(=O)NC(Cc2ccccc2)CC(C)C(=O)O)cs1. The fraction of sp³-hybridized carbons (Fsp3) is 0.615. The van der Waals surface area contributed by atoms with Crippen molar-refractivity contribution < 1.29 is 29.0 Å². The predicted molar refractivity (Wildman–Crippen MR) is 200 cm³/mol. The van der Waals surface area contributed by atoms with E-state index < -0.39 is 36.0 Å². The van der Waals surface area contributed by atoms with Crippen molar-refractivity contribution in [3.05, 3.63) is 52.0 Å². The Morgan fingerprint density at radius 2 is 1.82 bits per heavy atom. The van der Waals surface area contributed by atoms with E-state index in [0.29, 0.717) is 17.8 Å². The number of piperidine rings is 1. The molecule has 0 bridgehead atoms. The van der Waals surface area contributed by atoms with Gasteiger partial charge >= 0.3 is 5.97 Å². The second-order valence-electron chi connectivity index (χ2n) is 14.3. The molecule has 280 valence electrons. The van der Waals surface area contributed by atoms with Gasteiger partial charge in [-0.25, -0.2) is 4.98 Å². The summed E-state index contributed by atoms with van der Waals surface area (Å²) in [5.41, 5.74) is 1.18. The standard InChI is InChI=1S/C39H57N5O6S/c1-9-20-50-33(37-41-30(24-51-37)35(45)40-29(21-27(6)39(48)49)22-28-16-12-11-13-17-28)23-32(25(3)4)44(8)38(47)34(26(5)10-2)42-36(46)31-18-14-15-19-43(31)7/h1,11-13,16-17,24-27,29,31-34H,10,14-15,18-23H2,2-8H3,(H,40,45)(H,42,46)(H,48,49)/t26-,27?,29?,31?,32+,33+,34-/m0/s1. The topological polar surface area (TPSA) is 141 Å². The number of carbonyl (C=O) groups is 4. The highest BCUT2D eigenvalue weighted by Gasteiger charge is 2.37. The van der Waals surface area contributed by atoms with Gasteiger partial charge in [0.2, 0.25) is 11.8 Å². The lowest BCUT2D eigenvalue weighted by Gasteiger charge is -2.38. The number of nitrogens with one attached hydrogen (secondary N) is 2. The van der Waals surface area contributed by atoms with Crippen LogP contribution in [0.4, 0.5) is 0 Å². The molecule has 3 N–H and O–H groups in total. The quantitative estimate of drug-likeness (QED) is 0.169. The molecule has 0 saturated carbocycles. The molecule has 2 aromatic rings. The Morgan fingerprint density at radius 1 is 1.12 bits per heavy atom. The van der Waals surface area contributed by atoms with Crippen LogP contribution < -0.4 is 10.6 Å². The van der Waals surface area contributed by atoms with E-state index in [0.717, 1.165) is 37.8 Å². The van der Waals surface area contributed by atoms with Crippen molar-refractivity contribution in [3.8, 4) is 12.3 Å². The molecular formula is C39H57N5O6S. The summed E-state index contributed by atoms with van der Waals surface area (Å²) in [5.74, 6) is 0.200. The van der Waals surface area contributed by atoms with Gasteiger partial charge in [0.25, 0.3) is 5.91 Å². The Morgan fingerprint density at radius 3 is 2.43 bits per heavy atom. The Kier molecular flexibility index (Phi) is 16.6. The minimum absolute atomic E-state index is 0.0148. The number of rotatable bonds is 19. The van der Waals surface area contributed by atoms with E-state index >= 15 is 0 Å². The van der Waals surface area contributed by atoms with Crippen LogP contribution in [0.1, 0.15) is 100 Å². The maximum atomic E-state index is 14.2. The van der Waals surface area contributed by atoms with Crippen molar-refractivity contribution in [2.75, 3.05) is 27.2 Å². The monoisotopic (exact) mass is 723 g/mol. The Balaban J connectivity index is 1.80. The molecule has 0 aliphatic carbocycles. The van der Waals surface area contributed by atoms with E-state index in [1.54, 1.807) is 24.3 Å². The molecule has 0 radical (unpaired) electrons. The van der Waals surface area contributed by atoms with Crippen LogP contribution in [-0.4, -0.2) is 95.0 Å². The van der Waals surface area contributed by atoms with Crippen LogP contribution in [0.25, 0.3) is 0 Å². The van der Waals surface area contributed by atoms with Gasteiger partial charge in [-0.1, -0.05) is 83.7 Å². The smallest absolute Gasteiger partial charge is 0.306 e. The van der Waals surface area contributed by atoms with Crippen molar-refractivity contribution in [2.45, 2.75) is 110 Å². The summed E-state index contributed by atoms with van der Waals surface area (Å²) in [4.78, 5) is 61.2. The number of thiazole rings is 1. The van der Waals surface area contributed by atoms with Gasteiger partial charge in [0.05, 0.1) is 12.0 Å². The number of likely N-dealkylation sites (tertiary alicyclic amines) is 1. The zero-order valence-corrected chi connectivity index (χ0v) is 32.1. The number of carbonyl (C=O) groups excluding carboxylic acids is 3. The van der Waals surface area contributed by atoms with E-state index in [2.05, 4.69) is 26.4 Å². The van der Waals surface area contributed by atoms with Gasteiger partial charge in [-0.05, 0) is 56.7 Å². The van der Waals surface area contributed by atoms with Gasteiger partial charge in [-0.3, -0.25) is 24.1 Å². The summed E-state index contributed by atoms with van der Waals surface area (Å²) >= 11 is 1.27. The Labute approximate surface area is 307 Å². The first-order chi connectivity index (χ1) is 24.3. The van der Waals surface area contributed by atoms with Crippen molar-refractivity contribution in [2.24, 2.45) is 17.8 Å². The molecule has 7 atom stereocenters. The Hall–Kier alpha value is -3.79. The number of aromatic nitrogens is 1. The van der Waals surface area contributed by atoms with Crippen molar-refractivity contribution in [1.82, 2.24) is 25.4 Å². The molecule has 11 nitrogen and oxygen atoms in total. The molecule has 1 aromatic heterocycles. The molecule has 1 aliphatic rings. The highest BCUT2D eigenvalue weighted by Crippen LogP contribution is 2.31. The number of benzene rings is 1. The molecule has 1 aromatic carbocycles. The number of likely N-dealkylation sites (N-methyl/N-ethyl adjacent to an activating group) is 2. The predicted octanol–water partition coefficient (Wildman–Crippen LogP) is 5.17. The van der Waals surface area contributed by atoms with Crippen LogP contribution in [0.2, 0.25) is 0 Å². The minimum atomic E-state index is -0.926. The number of ether oxygens (including phenoxy) is 1. The first-order valence-corrected chi connectivity index (χ1v) is 19.0. The molecule has 0 spiro atoms. The maximum Gasteiger partial charge on any atom is 0.306 e. The number of hydrogen-bond acceptors (Lipinski definition) is 8. The number of terminal acetylenes is 1. The van der Waals surface area contributed by atoms with E-state index in [9.17, 15) is 24.3 Å². The average Bonchev–Trinajstić information content (AvgIpc) is 3.60. The minimum Gasteiger partial charge on any atom is -0.481 e. The van der Waals surface area contributed by atoms with Crippen LogP contribution in [0.5, 0.6) is 0 Å². The molecule has 51 heavy (non-hydrogen) atoms. The van der Waals surface area contributed by atoms with Crippen molar-refractivity contribution in [3.63, 3.8) is 0 Å². The third kappa shape index (κ3) is 12.2. The molecule has 1 saturated heterocycles. The second-order valence-corrected chi connectivity index (χ2v) is 15.2. The van der Waals surface area contributed by atoms with Gasteiger partial charge in [0.1, 0.15) is 29.5 Å². The number of carboxylic acid groups (broad SMARTS) is 1. The molecule has 2 heterocycles. The van der Waals surface area contributed by atoms with Gasteiger partial charge in [0, 0.05) is 30.9 Å². The fourth-order valence-electron chi connectivity index (χ4n) is 6.63. The summed E-state index contributed by atoms with van der Waals surface area (Å²) < 4.78 is 6.11. The lowest BCUT2D eigenvalue weighted by molar-refractivity contribution is -0.141. The van der Waals surface area contributed by atoms with Crippen LogP contribution in [0, 0.1) is 30.1 Å². The fourth-order valence-corrected chi connectivity index (χ4v) is 7.49. The largest absolute Gasteiger partial charge is 0.481 e. The van der Waals surface area contributed by atoms with Crippen LogP contribution in [-0.2, 0) is 25.5 Å². The number of carboxylic acids is 1. The Bertz CT molecular complexity index is 1480. The normalized spacial score (nSPS) is 18.5.